The van der Waals surface area contributed by atoms with Crippen LogP contribution in [0.4, 0.5) is 0 Å². The maximum Gasteiger partial charge on any atom is 0.120 e. The summed E-state index contributed by atoms with van der Waals surface area (Å²) in [5.74, 6) is 0.826. The quantitative estimate of drug-likeness (QED) is 0.128. The van der Waals surface area contributed by atoms with Gasteiger partial charge in [-0.1, -0.05) is 150 Å². The van der Waals surface area contributed by atoms with E-state index in [-0.39, 0.29) is 30.9 Å². The number of pyridine rings is 1. The summed E-state index contributed by atoms with van der Waals surface area (Å²) in [5, 5.41) is 6.03. The van der Waals surface area contributed by atoms with Crippen LogP contribution < -0.4 is 5.19 Å². The molecule has 0 spiro atoms. The zero-order chi connectivity index (χ0) is 40.1. The monoisotopic (exact) mass is 954 g/mol. The summed E-state index contributed by atoms with van der Waals surface area (Å²) in [7, 11) is -1.42. The number of aromatic nitrogens is 3. The molecule has 0 saturated carbocycles. The Hall–Kier alpha value is -5.13. The molecule has 0 atom stereocenters. The Labute approximate surface area is 357 Å². The summed E-state index contributed by atoms with van der Waals surface area (Å²) in [6.45, 7) is 20.9. The minimum atomic E-state index is -1.42. The number of hydrogen-bond acceptors (Lipinski definition) is 3. The molecule has 0 N–H and O–H groups in total. The molecule has 6 heteroatoms. The molecule has 1 radical (unpaired) electrons. The fourth-order valence-electron chi connectivity index (χ4n) is 7.82. The molecular formula is C52H51IrN3OSi-2. The molecule has 0 aliphatic carbocycles. The second kappa shape index (κ2) is 15.9. The molecule has 6 aromatic carbocycles. The van der Waals surface area contributed by atoms with Crippen LogP contribution in [-0.4, -0.2) is 22.6 Å². The fraction of sp³-hybridized carbons (Fsp3) is 0.231. The van der Waals surface area contributed by atoms with E-state index < -0.39 is 8.07 Å². The van der Waals surface area contributed by atoms with Crippen molar-refractivity contribution in [2.24, 2.45) is 5.41 Å². The Balaban J connectivity index is 0.000000180. The smallest absolute Gasteiger partial charge is 0.120 e. The van der Waals surface area contributed by atoms with Gasteiger partial charge in [-0.3, -0.25) is 4.98 Å². The third-order valence-corrected chi connectivity index (χ3v) is 12.7. The van der Waals surface area contributed by atoms with Gasteiger partial charge in [0.25, 0.3) is 0 Å². The molecule has 0 aliphatic heterocycles. The van der Waals surface area contributed by atoms with E-state index in [4.69, 9.17) is 14.4 Å². The van der Waals surface area contributed by atoms with E-state index in [0.717, 1.165) is 67.7 Å². The average molecular weight is 954 g/mol. The second-order valence-electron chi connectivity index (χ2n) is 18.4. The molecule has 0 amide bonds. The van der Waals surface area contributed by atoms with Crippen LogP contribution in [0.2, 0.25) is 19.6 Å². The van der Waals surface area contributed by atoms with Gasteiger partial charge >= 0.3 is 0 Å². The molecule has 295 valence electrons. The van der Waals surface area contributed by atoms with Gasteiger partial charge in [-0.15, -0.1) is 53.6 Å². The molecule has 4 nitrogen and oxygen atoms in total. The van der Waals surface area contributed by atoms with Crippen molar-refractivity contribution in [2.45, 2.75) is 73.0 Å². The van der Waals surface area contributed by atoms with E-state index in [1.807, 2.05) is 36.4 Å². The minimum Gasteiger partial charge on any atom is -0.501 e. The molecule has 3 heterocycles. The van der Waals surface area contributed by atoms with E-state index in [1.54, 1.807) is 0 Å². The summed E-state index contributed by atoms with van der Waals surface area (Å²) >= 11 is 0. The van der Waals surface area contributed by atoms with Crippen LogP contribution in [0.1, 0.15) is 52.7 Å². The van der Waals surface area contributed by atoms with Gasteiger partial charge in [0.2, 0.25) is 0 Å². The van der Waals surface area contributed by atoms with Gasteiger partial charge in [0.1, 0.15) is 5.58 Å². The van der Waals surface area contributed by atoms with Crippen molar-refractivity contribution in [3.63, 3.8) is 0 Å². The number of rotatable bonds is 5. The van der Waals surface area contributed by atoms with Crippen LogP contribution in [0.15, 0.2) is 138 Å². The second-order valence-corrected chi connectivity index (χ2v) is 23.4. The van der Waals surface area contributed by atoms with Gasteiger partial charge < -0.3 is 14.0 Å². The average Bonchev–Trinajstić information content (AvgIpc) is 3.75. The van der Waals surface area contributed by atoms with Gasteiger partial charge in [-0.25, -0.2) is 0 Å². The molecule has 0 fully saturated rings. The van der Waals surface area contributed by atoms with Gasteiger partial charge in [-0.2, -0.15) is 0 Å². The Kier molecular flexibility index (Phi) is 11.3. The summed E-state index contributed by atoms with van der Waals surface area (Å²) in [6.07, 6.45) is 3.22. The van der Waals surface area contributed by atoms with E-state index in [2.05, 4.69) is 175 Å². The number of fused-ring (bicyclic) bond motifs is 5. The van der Waals surface area contributed by atoms with Crippen LogP contribution in [0, 0.1) is 17.5 Å². The molecule has 0 unspecified atom stereocenters. The zero-order valence-corrected chi connectivity index (χ0v) is 38.4. The number of benzene rings is 6. The van der Waals surface area contributed by atoms with Gasteiger partial charge in [0.15, 0.2) is 0 Å². The van der Waals surface area contributed by atoms with E-state index in [1.165, 1.54) is 27.1 Å². The maximum atomic E-state index is 6.33. The van der Waals surface area contributed by atoms with E-state index in [0.29, 0.717) is 0 Å². The minimum absolute atomic E-state index is 0. The normalized spacial score (nSPS) is 12.2. The number of nitrogens with zero attached hydrogens (tertiary/aromatic N) is 3. The predicted octanol–water partition coefficient (Wildman–Crippen LogP) is 13.5. The van der Waals surface area contributed by atoms with Crippen molar-refractivity contribution < 1.29 is 24.5 Å². The number of para-hydroxylation sites is 3. The standard InChI is InChI=1S/C29H17N2O.C23H34NSi.Ir/c1-2-11-20-19(9-1)10-7-17-25(20)31-26-16-5-4-15-24(26)30-29(31)23-14-8-13-22-21-12-3-6-18-27(21)32-28(22)23;1-22(2,3)15-18-14-20(24-16-21(18)25(7,8)9)17-11-10-12-19(13-17)23(4,5)6;/h1-13,15-18H;10,12-14,16H,15H2,1-9H3;/q2*-1;. The SMILES string of the molecule is CC(C)(C)Cc1cc(-c2[c-]ccc(C(C)(C)C)c2)ncc1[Si](C)(C)C.[Ir].[c-]1ccc2c(oc3ccccc32)c1-c1nc2ccccc2n1-c1cccc2ccccc12. The van der Waals surface area contributed by atoms with Crippen molar-refractivity contribution in [2.75, 3.05) is 0 Å². The summed E-state index contributed by atoms with van der Waals surface area (Å²) < 4.78 is 8.56. The zero-order valence-electron chi connectivity index (χ0n) is 35.0. The van der Waals surface area contributed by atoms with Gasteiger partial charge in [-0.05, 0) is 57.8 Å². The summed E-state index contributed by atoms with van der Waals surface area (Å²) in [6, 6.07) is 50.9. The number of imidazole rings is 1. The Morgan fingerprint density at radius 1 is 0.707 bits per heavy atom. The molecule has 3 aromatic heterocycles. The predicted molar refractivity (Wildman–Crippen MR) is 243 cm³/mol. The largest absolute Gasteiger partial charge is 0.501 e. The van der Waals surface area contributed by atoms with E-state index in [9.17, 15) is 0 Å². The summed E-state index contributed by atoms with van der Waals surface area (Å²) in [5.41, 5.74) is 11.0. The van der Waals surface area contributed by atoms with Crippen LogP contribution in [0.3, 0.4) is 0 Å². The molecule has 9 aromatic rings. The van der Waals surface area contributed by atoms with Gasteiger partial charge in [0, 0.05) is 42.8 Å². The Bertz CT molecular complexity index is 2900. The van der Waals surface area contributed by atoms with Crippen molar-refractivity contribution >= 4 is 57.0 Å². The molecule has 0 saturated heterocycles. The van der Waals surface area contributed by atoms with Crippen molar-refractivity contribution in [1.29, 1.82) is 0 Å². The molecule has 9 rings (SSSR count). The third-order valence-electron chi connectivity index (χ3n) is 10.6. The summed E-state index contributed by atoms with van der Waals surface area (Å²) in [4.78, 5) is 9.89. The molecular weight excluding hydrogens is 903 g/mol. The number of furan rings is 1. The first-order chi connectivity index (χ1) is 27.2. The first-order valence-electron chi connectivity index (χ1n) is 20.0. The topological polar surface area (TPSA) is 43.9 Å². The first-order valence-corrected chi connectivity index (χ1v) is 23.5. The van der Waals surface area contributed by atoms with Gasteiger partial charge in [0.05, 0.1) is 30.5 Å². The van der Waals surface area contributed by atoms with E-state index >= 15 is 0 Å². The molecule has 0 aliphatic rings. The third kappa shape index (κ3) is 8.24. The van der Waals surface area contributed by atoms with Crippen LogP contribution in [0.25, 0.3) is 72.1 Å². The number of hydrogen-bond donors (Lipinski definition) is 0. The van der Waals surface area contributed by atoms with Crippen molar-refractivity contribution in [3.8, 4) is 28.3 Å². The molecule has 58 heavy (non-hydrogen) atoms. The first kappa shape index (κ1) is 41.0. The van der Waals surface area contributed by atoms with Crippen molar-refractivity contribution in [1.82, 2.24) is 14.5 Å². The molecule has 0 bridgehead atoms. The Morgan fingerprint density at radius 2 is 1.40 bits per heavy atom. The Morgan fingerprint density at radius 3 is 2.16 bits per heavy atom. The maximum absolute atomic E-state index is 6.33. The van der Waals surface area contributed by atoms with Crippen LogP contribution in [0.5, 0.6) is 0 Å². The van der Waals surface area contributed by atoms with Crippen LogP contribution in [-0.2, 0) is 31.9 Å². The van der Waals surface area contributed by atoms with Crippen molar-refractivity contribution in [3.05, 3.63) is 157 Å². The fourth-order valence-corrected chi connectivity index (χ4v) is 9.39. The van der Waals surface area contributed by atoms with Crippen LogP contribution >= 0.6 is 0 Å².